The second-order valence-electron chi connectivity index (χ2n) is 4.38. The SMILES string of the molecule is c1ccc(-c2cc(-c3ccsc3)nc3ncnn23)cc1. The van der Waals surface area contributed by atoms with Crippen molar-refractivity contribution in [3.63, 3.8) is 0 Å². The van der Waals surface area contributed by atoms with Gasteiger partial charge in [0.25, 0.3) is 5.78 Å². The Morgan fingerprint density at radius 3 is 2.70 bits per heavy atom. The van der Waals surface area contributed by atoms with Gasteiger partial charge in [-0.05, 0) is 17.5 Å². The van der Waals surface area contributed by atoms with Crippen LogP contribution in [0.25, 0.3) is 28.3 Å². The van der Waals surface area contributed by atoms with E-state index in [2.05, 4.69) is 44.7 Å². The average molecular weight is 278 g/mol. The van der Waals surface area contributed by atoms with E-state index in [9.17, 15) is 0 Å². The number of hydrogen-bond donors (Lipinski definition) is 0. The standard InChI is InChI=1S/C15H10N4S/c1-2-4-11(5-3-1)14-8-13(12-6-7-20-9-12)18-15-16-10-17-19(14)15/h1-10H. The van der Waals surface area contributed by atoms with Crippen LogP contribution in [0.3, 0.4) is 0 Å². The molecule has 0 fully saturated rings. The van der Waals surface area contributed by atoms with Crippen LogP contribution in [-0.2, 0) is 0 Å². The van der Waals surface area contributed by atoms with Gasteiger partial charge in [0.15, 0.2) is 0 Å². The first-order chi connectivity index (χ1) is 9.92. The molecule has 1 aromatic carbocycles. The summed E-state index contributed by atoms with van der Waals surface area (Å²) in [4.78, 5) is 8.78. The molecule has 0 aliphatic heterocycles. The zero-order valence-electron chi connectivity index (χ0n) is 10.5. The molecule has 3 heterocycles. The molecule has 0 N–H and O–H groups in total. The fraction of sp³-hybridized carbons (Fsp3) is 0. The Kier molecular flexibility index (Phi) is 2.57. The van der Waals surface area contributed by atoms with Crippen LogP contribution in [0.1, 0.15) is 0 Å². The molecule has 0 amide bonds. The summed E-state index contributed by atoms with van der Waals surface area (Å²) in [6, 6.07) is 14.3. The highest BCUT2D eigenvalue weighted by molar-refractivity contribution is 7.08. The third-order valence-corrected chi connectivity index (χ3v) is 3.82. The van der Waals surface area contributed by atoms with Crippen molar-refractivity contribution < 1.29 is 0 Å². The van der Waals surface area contributed by atoms with E-state index in [0.717, 1.165) is 22.5 Å². The summed E-state index contributed by atoms with van der Waals surface area (Å²) in [5.41, 5.74) is 4.12. The predicted molar refractivity (Wildman–Crippen MR) is 79.5 cm³/mol. The van der Waals surface area contributed by atoms with Gasteiger partial charge in [0.2, 0.25) is 0 Å². The maximum absolute atomic E-state index is 4.56. The van der Waals surface area contributed by atoms with E-state index in [-0.39, 0.29) is 0 Å². The molecule has 0 aliphatic carbocycles. The number of aromatic nitrogens is 4. The van der Waals surface area contributed by atoms with Crippen LogP contribution in [-0.4, -0.2) is 19.6 Å². The first kappa shape index (κ1) is 11.3. The lowest BCUT2D eigenvalue weighted by Crippen LogP contribution is -1.98. The third-order valence-electron chi connectivity index (χ3n) is 3.14. The summed E-state index contributed by atoms with van der Waals surface area (Å²) in [6.07, 6.45) is 1.53. The Hall–Kier alpha value is -2.53. The van der Waals surface area contributed by atoms with Gasteiger partial charge in [-0.15, -0.1) is 0 Å². The first-order valence-electron chi connectivity index (χ1n) is 6.20. The fourth-order valence-corrected chi connectivity index (χ4v) is 2.83. The largest absolute Gasteiger partial charge is 0.253 e. The first-order valence-corrected chi connectivity index (χ1v) is 7.15. The zero-order valence-corrected chi connectivity index (χ0v) is 11.3. The Morgan fingerprint density at radius 2 is 1.90 bits per heavy atom. The second kappa shape index (κ2) is 4.54. The lowest BCUT2D eigenvalue weighted by atomic mass is 10.1. The van der Waals surface area contributed by atoms with Crippen molar-refractivity contribution in [1.29, 1.82) is 0 Å². The molecule has 4 aromatic rings. The molecule has 0 atom stereocenters. The molecule has 96 valence electrons. The Bertz CT molecular complexity index is 850. The molecule has 4 nitrogen and oxygen atoms in total. The average Bonchev–Trinajstić information content (AvgIpc) is 3.18. The molecule has 20 heavy (non-hydrogen) atoms. The summed E-state index contributed by atoms with van der Waals surface area (Å²) in [7, 11) is 0. The molecule has 0 saturated carbocycles. The van der Waals surface area contributed by atoms with Crippen molar-refractivity contribution in [3.8, 4) is 22.5 Å². The van der Waals surface area contributed by atoms with Crippen molar-refractivity contribution in [2.75, 3.05) is 0 Å². The lowest BCUT2D eigenvalue weighted by Gasteiger charge is -2.06. The van der Waals surface area contributed by atoms with Crippen molar-refractivity contribution >= 4 is 17.1 Å². The van der Waals surface area contributed by atoms with Gasteiger partial charge in [-0.1, -0.05) is 30.3 Å². The Balaban J connectivity index is 2.01. The predicted octanol–water partition coefficient (Wildman–Crippen LogP) is 3.52. The van der Waals surface area contributed by atoms with Crippen molar-refractivity contribution in [1.82, 2.24) is 19.6 Å². The molecule has 4 rings (SSSR count). The smallest absolute Gasteiger partial charge is 0.211 e. The van der Waals surface area contributed by atoms with E-state index in [1.54, 1.807) is 15.9 Å². The van der Waals surface area contributed by atoms with Crippen LogP contribution < -0.4 is 0 Å². The molecular weight excluding hydrogens is 268 g/mol. The number of hydrogen-bond acceptors (Lipinski definition) is 4. The number of nitrogens with zero attached hydrogens (tertiary/aromatic N) is 4. The van der Waals surface area contributed by atoms with E-state index in [1.807, 2.05) is 23.6 Å². The molecule has 0 unspecified atom stereocenters. The molecule has 3 aromatic heterocycles. The summed E-state index contributed by atoms with van der Waals surface area (Å²) in [5, 5.41) is 8.40. The second-order valence-corrected chi connectivity index (χ2v) is 5.16. The van der Waals surface area contributed by atoms with E-state index in [0.29, 0.717) is 5.78 Å². The quantitative estimate of drug-likeness (QED) is 0.563. The molecule has 0 radical (unpaired) electrons. The number of fused-ring (bicyclic) bond motifs is 1. The van der Waals surface area contributed by atoms with E-state index >= 15 is 0 Å². The highest BCUT2D eigenvalue weighted by atomic mass is 32.1. The van der Waals surface area contributed by atoms with Gasteiger partial charge >= 0.3 is 0 Å². The van der Waals surface area contributed by atoms with Crippen LogP contribution in [0.15, 0.2) is 59.6 Å². The monoisotopic (exact) mass is 278 g/mol. The highest BCUT2D eigenvalue weighted by Crippen LogP contribution is 2.26. The summed E-state index contributed by atoms with van der Waals surface area (Å²) >= 11 is 1.66. The number of rotatable bonds is 2. The van der Waals surface area contributed by atoms with Gasteiger partial charge < -0.3 is 0 Å². The normalized spacial score (nSPS) is 11.0. The fourth-order valence-electron chi connectivity index (χ4n) is 2.18. The van der Waals surface area contributed by atoms with Crippen molar-refractivity contribution in [2.45, 2.75) is 0 Å². The van der Waals surface area contributed by atoms with Crippen molar-refractivity contribution in [2.24, 2.45) is 0 Å². The molecule has 5 heteroatoms. The van der Waals surface area contributed by atoms with Crippen LogP contribution in [0.5, 0.6) is 0 Å². The van der Waals surface area contributed by atoms with Gasteiger partial charge in [0, 0.05) is 16.5 Å². The van der Waals surface area contributed by atoms with E-state index < -0.39 is 0 Å². The Labute approximate surface area is 119 Å². The minimum Gasteiger partial charge on any atom is -0.211 e. The lowest BCUT2D eigenvalue weighted by molar-refractivity contribution is 0.949. The van der Waals surface area contributed by atoms with Crippen LogP contribution in [0.4, 0.5) is 0 Å². The van der Waals surface area contributed by atoms with E-state index in [1.165, 1.54) is 6.33 Å². The van der Waals surface area contributed by atoms with Gasteiger partial charge in [-0.3, -0.25) is 0 Å². The van der Waals surface area contributed by atoms with Gasteiger partial charge in [-0.2, -0.15) is 25.9 Å². The van der Waals surface area contributed by atoms with Crippen molar-refractivity contribution in [3.05, 3.63) is 59.6 Å². The van der Waals surface area contributed by atoms with E-state index in [4.69, 9.17) is 0 Å². The van der Waals surface area contributed by atoms with Gasteiger partial charge in [0.05, 0.1) is 11.4 Å². The molecule has 0 bridgehead atoms. The highest BCUT2D eigenvalue weighted by Gasteiger charge is 2.10. The maximum atomic E-state index is 4.56. The third kappa shape index (κ3) is 1.80. The minimum atomic E-state index is 0.618. The molecular formula is C15H10N4S. The van der Waals surface area contributed by atoms with Crippen LogP contribution >= 0.6 is 11.3 Å². The molecule has 0 aliphatic rings. The van der Waals surface area contributed by atoms with Gasteiger partial charge in [0.1, 0.15) is 6.33 Å². The number of thiophene rings is 1. The summed E-state index contributed by atoms with van der Waals surface area (Å²) in [6.45, 7) is 0. The summed E-state index contributed by atoms with van der Waals surface area (Å²) in [5.74, 6) is 0.618. The Morgan fingerprint density at radius 1 is 1.00 bits per heavy atom. The van der Waals surface area contributed by atoms with Crippen LogP contribution in [0, 0.1) is 0 Å². The minimum absolute atomic E-state index is 0.618. The molecule has 0 saturated heterocycles. The number of benzene rings is 1. The maximum Gasteiger partial charge on any atom is 0.253 e. The molecule has 0 spiro atoms. The van der Waals surface area contributed by atoms with Crippen LogP contribution in [0.2, 0.25) is 0 Å². The zero-order chi connectivity index (χ0) is 13.4. The topological polar surface area (TPSA) is 43.1 Å². The van der Waals surface area contributed by atoms with Gasteiger partial charge in [-0.25, -0.2) is 4.98 Å². The summed E-state index contributed by atoms with van der Waals surface area (Å²) < 4.78 is 1.77.